The quantitative estimate of drug-likeness (QED) is 0.621. The maximum Gasteiger partial charge on any atom is 0.253 e. The molecule has 2 aromatic carbocycles. The lowest BCUT2D eigenvalue weighted by molar-refractivity contribution is -0.115. The summed E-state index contributed by atoms with van der Waals surface area (Å²) in [7, 11) is 0. The summed E-state index contributed by atoms with van der Waals surface area (Å²) in [6, 6.07) is 13.2. The molecule has 0 aliphatic heterocycles. The van der Waals surface area contributed by atoms with Gasteiger partial charge in [-0.15, -0.1) is 11.3 Å². The van der Waals surface area contributed by atoms with Crippen LogP contribution in [0.15, 0.2) is 47.8 Å². The number of anilines is 1. The first-order valence-corrected chi connectivity index (χ1v) is 10.8. The summed E-state index contributed by atoms with van der Waals surface area (Å²) in [6.07, 6.45) is 4.75. The highest BCUT2D eigenvalue weighted by Crippen LogP contribution is 2.29. The van der Waals surface area contributed by atoms with Gasteiger partial charge in [0.15, 0.2) is 5.13 Å². The van der Waals surface area contributed by atoms with Gasteiger partial charge >= 0.3 is 0 Å². The highest BCUT2D eigenvalue weighted by atomic mass is 35.5. The molecule has 0 unspecified atom stereocenters. The molecule has 29 heavy (non-hydrogen) atoms. The number of aromatic nitrogens is 1. The minimum atomic E-state index is -0.389. The lowest BCUT2D eigenvalue weighted by atomic mass is 9.90. The number of nitrogens with zero attached hydrogens (tertiary/aromatic N) is 1. The van der Waals surface area contributed by atoms with Gasteiger partial charge in [-0.05, 0) is 55.0 Å². The molecular formula is C22H20ClN3O2S. The van der Waals surface area contributed by atoms with Gasteiger partial charge in [0.05, 0.1) is 22.8 Å². The molecule has 5 nitrogen and oxygen atoms in total. The van der Waals surface area contributed by atoms with Gasteiger partial charge in [-0.25, -0.2) is 4.98 Å². The van der Waals surface area contributed by atoms with E-state index in [0.29, 0.717) is 15.7 Å². The Morgan fingerprint density at radius 2 is 1.86 bits per heavy atom. The van der Waals surface area contributed by atoms with Crippen molar-refractivity contribution in [2.45, 2.75) is 25.7 Å². The molecule has 1 aromatic heterocycles. The van der Waals surface area contributed by atoms with Crippen LogP contribution in [0.5, 0.6) is 0 Å². The monoisotopic (exact) mass is 425 g/mol. The number of hydrogen-bond donors (Lipinski definition) is 2. The van der Waals surface area contributed by atoms with E-state index in [2.05, 4.69) is 33.8 Å². The van der Waals surface area contributed by atoms with Gasteiger partial charge in [0.25, 0.3) is 5.91 Å². The molecule has 2 amide bonds. The molecule has 148 valence electrons. The number of fused-ring (bicyclic) bond motifs is 1. The van der Waals surface area contributed by atoms with Gasteiger partial charge in [-0.3, -0.25) is 9.59 Å². The van der Waals surface area contributed by atoms with Crippen molar-refractivity contribution in [1.82, 2.24) is 10.3 Å². The molecule has 1 aliphatic rings. The number of rotatable bonds is 5. The molecule has 4 rings (SSSR count). The van der Waals surface area contributed by atoms with Crippen molar-refractivity contribution in [2.24, 2.45) is 0 Å². The second-order valence-electron chi connectivity index (χ2n) is 6.94. The fourth-order valence-corrected chi connectivity index (χ4v) is 4.38. The summed E-state index contributed by atoms with van der Waals surface area (Å²) >= 11 is 7.37. The third-order valence-electron chi connectivity index (χ3n) is 4.92. The summed E-state index contributed by atoms with van der Waals surface area (Å²) < 4.78 is 0. The molecule has 2 N–H and O–H groups in total. The first-order valence-electron chi connectivity index (χ1n) is 9.50. The predicted octanol–water partition coefficient (Wildman–Crippen LogP) is 4.71. The highest BCUT2D eigenvalue weighted by Gasteiger charge is 2.14. The van der Waals surface area contributed by atoms with Crippen LogP contribution in [0, 0.1) is 0 Å². The summed E-state index contributed by atoms with van der Waals surface area (Å²) in [5.74, 6) is -0.726. The topological polar surface area (TPSA) is 71.1 Å². The van der Waals surface area contributed by atoms with E-state index in [1.165, 1.54) is 35.3 Å². The second kappa shape index (κ2) is 8.76. The largest absolute Gasteiger partial charge is 0.343 e. The number of nitrogens with one attached hydrogen (secondary N) is 2. The zero-order chi connectivity index (χ0) is 20.2. The van der Waals surface area contributed by atoms with E-state index in [-0.39, 0.29) is 18.4 Å². The van der Waals surface area contributed by atoms with Crippen molar-refractivity contribution in [1.29, 1.82) is 0 Å². The number of benzene rings is 2. The number of carbonyl (C=O) groups excluding carboxylic acids is 2. The lowest BCUT2D eigenvalue weighted by Crippen LogP contribution is -2.32. The SMILES string of the molecule is O=C(CNC(=O)c1ccccc1Cl)Nc1nc(-c2ccc3c(c2)CCCC3)cs1. The maximum absolute atomic E-state index is 12.2. The van der Waals surface area contributed by atoms with Crippen molar-refractivity contribution in [2.75, 3.05) is 11.9 Å². The predicted molar refractivity (Wildman–Crippen MR) is 117 cm³/mol. The Morgan fingerprint density at radius 3 is 2.69 bits per heavy atom. The van der Waals surface area contributed by atoms with Crippen molar-refractivity contribution < 1.29 is 9.59 Å². The van der Waals surface area contributed by atoms with Crippen LogP contribution in [-0.4, -0.2) is 23.3 Å². The normalized spacial score (nSPS) is 12.9. The van der Waals surface area contributed by atoms with Gasteiger partial charge < -0.3 is 10.6 Å². The van der Waals surface area contributed by atoms with E-state index < -0.39 is 0 Å². The van der Waals surface area contributed by atoms with Gasteiger partial charge in [0.1, 0.15) is 0 Å². The summed E-state index contributed by atoms with van der Waals surface area (Å²) in [4.78, 5) is 28.8. The number of carbonyl (C=O) groups is 2. The van der Waals surface area contributed by atoms with E-state index in [9.17, 15) is 9.59 Å². The highest BCUT2D eigenvalue weighted by molar-refractivity contribution is 7.14. The number of halogens is 1. The Hall–Kier alpha value is -2.70. The fourth-order valence-electron chi connectivity index (χ4n) is 3.42. The Morgan fingerprint density at radius 1 is 1.07 bits per heavy atom. The minimum absolute atomic E-state index is 0.155. The van der Waals surface area contributed by atoms with Crippen molar-refractivity contribution in [3.05, 3.63) is 69.6 Å². The fraction of sp³-hybridized carbons (Fsp3) is 0.227. The van der Waals surface area contributed by atoms with E-state index in [4.69, 9.17) is 11.6 Å². The number of thiazole rings is 1. The Labute approximate surface area is 178 Å². The molecule has 0 atom stereocenters. The molecule has 0 saturated heterocycles. The van der Waals surface area contributed by atoms with Crippen LogP contribution in [0.4, 0.5) is 5.13 Å². The molecule has 1 heterocycles. The Kier molecular flexibility index (Phi) is 5.92. The van der Waals surface area contributed by atoms with Gasteiger partial charge in [-0.2, -0.15) is 0 Å². The molecule has 3 aromatic rings. The van der Waals surface area contributed by atoms with Crippen LogP contribution in [0.25, 0.3) is 11.3 Å². The van der Waals surface area contributed by atoms with E-state index in [1.807, 2.05) is 5.38 Å². The molecule has 1 aliphatic carbocycles. The van der Waals surface area contributed by atoms with E-state index in [0.717, 1.165) is 24.1 Å². The van der Waals surface area contributed by atoms with E-state index in [1.54, 1.807) is 24.3 Å². The summed E-state index contributed by atoms with van der Waals surface area (Å²) in [5, 5.41) is 8.10. The molecule has 0 fully saturated rings. The molecule has 0 spiro atoms. The van der Waals surface area contributed by atoms with Crippen molar-refractivity contribution in [3.63, 3.8) is 0 Å². The maximum atomic E-state index is 12.2. The average Bonchev–Trinajstić information content (AvgIpc) is 3.20. The number of amides is 2. The first-order chi connectivity index (χ1) is 14.1. The van der Waals surface area contributed by atoms with Gasteiger partial charge in [0.2, 0.25) is 5.91 Å². The standard InChI is InChI=1S/C22H20ClN3O2S/c23-18-8-4-3-7-17(18)21(28)24-12-20(27)26-22-25-19(13-29-22)16-10-9-14-5-1-2-6-15(14)11-16/h3-4,7-11,13H,1-2,5-6,12H2,(H,24,28)(H,25,26,27). The van der Waals surface area contributed by atoms with Crippen LogP contribution < -0.4 is 10.6 Å². The number of hydrogen-bond acceptors (Lipinski definition) is 4. The summed E-state index contributed by atoms with van der Waals surface area (Å²) in [6.45, 7) is -0.155. The average molecular weight is 426 g/mol. The first kappa shape index (κ1) is 19.6. The molecular weight excluding hydrogens is 406 g/mol. The number of aryl methyl sites for hydroxylation is 2. The third-order valence-corrected chi connectivity index (χ3v) is 6.01. The van der Waals surface area contributed by atoms with Crippen molar-refractivity contribution in [3.8, 4) is 11.3 Å². The smallest absolute Gasteiger partial charge is 0.253 e. The molecule has 0 bridgehead atoms. The summed E-state index contributed by atoms with van der Waals surface area (Å²) in [5.41, 5.74) is 5.08. The van der Waals surface area contributed by atoms with Crippen LogP contribution in [0.3, 0.4) is 0 Å². The second-order valence-corrected chi connectivity index (χ2v) is 8.20. The molecule has 0 saturated carbocycles. The molecule has 7 heteroatoms. The van der Waals surface area contributed by atoms with Crippen LogP contribution in [0.1, 0.15) is 34.3 Å². The minimum Gasteiger partial charge on any atom is -0.343 e. The van der Waals surface area contributed by atoms with Gasteiger partial charge in [0, 0.05) is 10.9 Å². The third kappa shape index (κ3) is 4.66. The van der Waals surface area contributed by atoms with Crippen LogP contribution >= 0.6 is 22.9 Å². The zero-order valence-corrected chi connectivity index (χ0v) is 17.3. The Balaban J connectivity index is 1.36. The van der Waals surface area contributed by atoms with Crippen LogP contribution in [-0.2, 0) is 17.6 Å². The van der Waals surface area contributed by atoms with Crippen LogP contribution in [0.2, 0.25) is 5.02 Å². The van der Waals surface area contributed by atoms with Gasteiger partial charge in [-0.1, -0.05) is 35.9 Å². The van der Waals surface area contributed by atoms with E-state index >= 15 is 0 Å². The lowest BCUT2D eigenvalue weighted by Gasteiger charge is -2.16. The van der Waals surface area contributed by atoms with Crippen molar-refractivity contribution >= 4 is 39.9 Å². The Bertz CT molecular complexity index is 1060. The zero-order valence-electron chi connectivity index (χ0n) is 15.7. The molecule has 0 radical (unpaired) electrons.